The first-order valence-electron chi connectivity index (χ1n) is 12.3. The van der Waals surface area contributed by atoms with Crippen LogP contribution in [0.2, 0.25) is 0 Å². The highest BCUT2D eigenvalue weighted by Gasteiger charge is 2.29. The number of rotatable bonds is 5. The maximum Gasteiger partial charge on any atom is 0.264 e. The summed E-state index contributed by atoms with van der Waals surface area (Å²) in [6.07, 6.45) is 5.10. The van der Waals surface area contributed by atoms with Crippen LogP contribution in [0.3, 0.4) is 0 Å². The molecule has 6 rings (SSSR count). The number of benzene rings is 2. The Balaban J connectivity index is 1.59. The number of hydrogen-bond donors (Lipinski definition) is 1. The van der Waals surface area contributed by atoms with E-state index in [1.54, 1.807) is 28.5 Å². The number of fused-ring (bicyclic) bond motifs is 2. The molecule has 0 saturated heterocycles. The molecule has 1 saturated carbocycles. The molecule has 1 atom stereocenters. The zero-order valence-corrected chi connectivity index (χ0v) is 20.6. The Morgan fingerprint density at radius 1 is 1.08 bits per heavy atom. The zero-order valence-electron chi connectivity index (χ0n) is 20.6. The molecule has 3 aromatic heterocycles. The number of hydrogen-bond acceptors (Lipinski definition) is 7. The lowest BCUT2D eigenvalue weighted by Crippen LogP contribution is -2.31. The summed E-state index contributed by atoms with van der Waals surface area (Å²) in [5.74, 6) is 0.972. The predicted molar refractivity (Wildman–Crippen MR) is 139 cm³/mol. The molecule has 0 aliphatic heterocycles. The van der Waals surface area contributed by atoms with Gasteiger partial charge in [-0.3, -0.25) is 9.36 Å². The fourth-order valence-corrected chi connectivity index (χ4v) is 5.36. The van der Waals surface area contributed by atoms with Gasteiger partial charge in [0.25, 0.3) is 5.56 Å². The average molecular weight is 500 g/mol. The molecule has 0 bridgehead atoms. The van der Waals surface area contributed by atoms with Crippen LogP contribution in [0.1, 0.15) is 50.5 Å². The monoisotopic (exact) mass is 499 g/mol. The van der Waals surface area contributed by atoms with Crippen LogP contribution in [0.15, 0.2) is 53.6 Å². The Kier molecular flexibility index (Phi) is 5.58. The number of nitrogens with zero attached hydrogens (tertiary/aromatic N) is 6. The fraction of sp³-hybridized carbons (Fsp3) is 0.296. The van der Waals surface area contributed by atoms with Gasteiger partial charge in [-0.15, -0.1) is 0 Å². The summed E-state index contributed by atoms with van der Waals surface area (Å²) in [5, 5.41) is 5.54. The summed E-state index contributed by atoms with van der Waals surface area (Å²) in [5.41, 5.74) is 8.22. The smallest absolute Gasteiger partial charge is 0.264 e. The molecule has 10 heteroatoms. The van der Waals surface area contributed by atoms with Gasteiger partial charge >= 0.3 is 0 Å². The third kappa shape index (κ3) is 3.71. The highest BCUT2D eigenvalue weighted by atomic mass is 19.1. The molecule has 188 valence electrons. The van der Waals surface area contributed by atoms with Crippen molar-refractivity contribution < 1.29 is 9.13 Å². The third-order valence-electron chi connectivity index (χ3n) is 7.22. The largest absolute Gasteiger partial charge is 0.497 e. The van der Waals surface area contributed by atoms with E-state index >= 15 is 0 Å². The maximum atomic E-state index is 14.8. The van der Waals surface area contributed by atoms with Crippen molar-refractivity contribution in [2.24, 2.45) is 0 Å². The van der Waals surface area contributed by atoms with Crippen molar-refractivity contribution in [1.82, 2.24) is 29.3 Å². The Bertz CT molecular complexity index is 1690. The Morgan fingerprint density at radius 2 is 1.84 bits per heavy atom. The van der Waals surface area contributed by atoms with Gasteiger partial charge in [0.05, 0.1) is 18.0 Å². The third-order valence-corrected chi connectivity index (χ3v) is 7.22. The summed E-state index contributed by atoms with van der Waals surface area (Å²) in [6.45, 7) is 1.92. The highest BCUT2D eigenvalue weighted by molar-refractivity contribution is 5.98. The van der Waals surface area contributed by atoms with Gasteiger partial charge in [0.1, 0.15) is 46.7 Å². The minimum atomic E-state index is -0.562. The number of anilines is 1. The van der Waals surface area contributed by atoms with Crippen LogP contribution in [0, 0.1) is 5.82 Å². The van der Waals surface area contributed by atoms with Gasteiger partial charge < -0.3 is 10.5 Å². The molecule has 0 spiro atoms. The van der Waals surface area contributed by atoms with Gasteiger partial charge in [-0.1, -0.05) is 18.9 Å². The second-order valence-electron chi connectivity index (χ2n) is 9.37. The molecule has 5 aromatic rings. The molecule has 9 nitrogen and oxygen atoms in total. The van der Waals surface area contributed by atoms with Crippen LogP contribution in [-0.4, -0.2) is 36.4 Å². The van der Waals surface area contributed by atoms with E-state index in [-0.39, 0.29) is 17.0 Å². The Labute approximate surface area is 211 Å². The first kappa shape index (κ1) is 23.1. The molecule has 37 heavy (non-hydrogen) atoms. The first-order chi connectivity index (χ1) is 18.0. The van der Waals surface area contributed by atoms with Gasteiger partial charge in [-0.25, -0.2) is 24.0 Å². The molecule has 2 aromatic carbocycles. The summed E-state index contributed by atoms with van der Waals surface area (Å²) >= 11 is 0. The zero-order chi connectivity index (χ0) is 25.7. The minimum Gasteiger partial charge on any atom is -0.497 e. The Hall–Kier alpha value is -4.34. The van der Waals surface area contributed by atoms with E-state index in [2.05, 4.69) is 9.97 Å². The minimum absolute atomic E-state index is 0.0150. The number of ether oxygens (including phenoxy) is 1. The van der Waals surface area contributed by atoms with Crippen LogP contribution >= 0.6 is 0 Å². The van der Waals surface area contributed by atoms with Crippen molar-refractivity contribution in [1.29, 1.82) is 0 Å². The van der Waals surface area contributed by atoms with Crippen molar-refractivity contribution in [3.05, 3.63) is 70.8 Å². The summed E-state index contributed by atoms with van der Waals surface area (Å²) in [4.78, 5) is 27.2. The van der Waals surface area contributed by atoms with Crippen LogP contribution in [0.25, 0.3) is 33.2 Å². The second-order valence-corrected chi connectivity index (χ2v) is 9.37. The van der Waals surface area contributed by atoms with Gasteiger partial charge in [-0.2, -0.15) is 5.10 Å². The van der Waals surface area contributed by atoms with Gasteiger partial charge in [0, 0.05) is 11.6 Å². The topological polar surface area (TPSA) is 114 Å². The highest BCUT2D eigenvalue weighted by Crippen LogP contribution is 2.36. The van der Waals surface area contributed by atoms with Crippen LogP contribution in [-0.2, 0) is 0 Å². The number of aromatic nitrogens is 6. The number of methoxy groups -OCH3 is 1. The number of halogens is 1. The van der Waals surface area contributed by atoms with Crippen molar-refractivity contribution in [3.63, 3.8) is 0 Å². The number of nitrogens with two attached hydrogens (primary N) is 1. The first-order valence-corrected chi connectivity index (χ1v) is 12.3. The molecular weight excluding hydrogens is 473 g/mol. The standard InChI is InChI=1S/C27H26FN7O2/c1-15(25-32-20-9-5-8-19(28)21(20)27(36)34(25)17-6-3-4-7-17)35-26-22(24(29)30-14-31-26)23(33-35)16-10-12-18(37-2)13-11-16/h5,8-15,17H,3-4,6-7H2,1-2H3,(H2,29,30,31). The van der Waals surface area contributed by atoms with E-state index in [0.29, 0.717) is 33.9 Å². The van der Waals surface area contributed by atoms with E-state index in [1.807, 2.05) is 31.2 Å². The Morgan fingerprint density at radius 3 is 2.57 bits per heavy atom. The fourth-order valence-electron chi connectivity index (χ4n) is 5.36. The molecule has 3 heterocycles. The van der Waals surface area contributed by atoms with E-state index in [4.69, 9.17) is 20.6 Å². The van der Waals surface area contributed by atoms with Crippen molar-refractivity contribution in [2.75, 3.05) is 12.8 Å². The molecule has 1 aliphatic rings. The normalized spacial score (nSPS) is 15.0. The quantitative estimate of drug-likeness (QED) is 0.374. The van der Waals surface area contributed by atoms with Gasteiger partial charge in [-0.05, 0) is 56.2 Å². The van der Waals surface area contributed by atoms with Crippen LogP contribution in [0.5, 0.6) is 5.75 Å². The molecule has 1 unspecified atom stereocenters. The molecule has 2 N–H and O–H groups in total. The lowest BCUT2D eigenvalue weighted by Gasteiger charge is -2.23. The van der Waals surface area contributed by atoms with Crippen molar-refractivity contribution >= 4 is 27.8 Å². The van der Waals surface area contributed by atoms with E-state index in [1.165, 1.54) is 12.4 Å². The predicted octanol–water partition coefficient (Wildman–Crippen LogP) is 4.66. The van der Waals surface area contributed by atoms with Gasteiger partial charge in [0.2, 0.25) is 0 Å². The van der Waals surface area contributed by atoms with Crippen molar-refractivity contribution in [3.8, 4) is 17.0 Å². The van der Waals surface area contributed by atoms with Crippen molar-refractivity contribution in [2.45, 2.75) is 44.7 Å². The van der Waals surface area contributed by atoms with Crippen LogP contribution in [0.4, 0.5) is 10.2 Å². The van der Waals surface area contributed by atoms with E-state index in [0.717, 1.165) is 37.0 Å². The molecular formula is C27H26FN7O2. The van der Waals surface area contributed by atoms with E-state index in [9.17, 15) is 9.18 Å². The summed E-state index contributed by atoms with van der Waals surface area (Å²) in [7, 11) is 1.61. The van der Waals surface area contributed by atoms with Gasteiger partial charge in [0.15, 0.2) is 5.65 Å². The maximum absolute atomic E-state index is 14.8. The summed E-state index contributed by atoms with van der Waals surface area (Å²) in [6, 6.07) is 11.5. The second kappa shape index (κ2) is 8.95. The molecule has 0 radical (unpaired) electrons. The number of nitrogen functional groups attached to an aromatic ring is 1. The molecule has 1 fully saturated rings. The molecule has 1 aliphatic carbocycles. The average Bonchev–Trinajstić information content (AvgIpc) is 3.57. The lowest BCUT2D eigenvalue weighted by atomic mass is 10.1. The molecule has 0 amide bonds. The van der Waals surface area contributed by atoms with E-state index < -0.39 is 11.9 Å². The lowest BCUT2D eigenvalue weighted by molar-refractivity contribution is 0.415. The van der Waals surface area contributed by atoms with Crippen LogP contribution < -0.4 is 16.0 Å². The summed E-state index contributed by atoms with van der Waals surface area (Å²) < 4.78 is 23.5. The SMILES string of the molecule is COc1ccc(-c2nn(C(C)c3nc4cccc(F)c4c(=O)n3C3CCCC3)c3ncnc(N)c23)cc1.